The van der Waals surface area contributed by atoms with Crippen molar-refractivity contribution in [1.29, 1.82) is 0 Å². The summed E-state index contributed by atoms with van der Waals surface area (Å²) in [6, 6.07) is 8.37. The van der Waals surface area contributed by atoms with Crippen LogP contribution in [0.1, 0.15) is 17.5 Å². The summed E-state index contributed by atoms with van der Waals surface area (Å²) >= 11 is 7.50. The first kappa shape index (κ1) is 15.6. The minimum absolute atomic E-state index is 0.0899. The standard InChI is InChI=1S/C17H19NO2S2/c1-10-3-5-11(6-4-10)16(21)15-14(22-2)9-13-12(17(19)20)7-8-18(13)15/h3-6,9,12,14-15H,7-8H2,1-2H3,(H,19,20). The van der Waals surface area contributed by atoms with E-state index in [1.54, 1.807) is 11.8 Å². The first-order valence-electron chi connectivity index (χ1n) is 7.37. The van der Waals surface area contributed by atoms with Gasteiger partial charge in [-0.25, -0.2) is 0 Å². The van der Waals surface area contributed by atoms with Crippen LogP contribution in [0.15, 0.2) is 36.0 Å². The third-order valence-electron chi connectivity index (χ3n) is 4.50. The predicted octanol–water partition coefficient (Wildman–Crippen LogP) is 3.12. The molecule has 0 radical (unpaired) electrons. The maximum Gasteiger partial charge on any atom is 0.312 e. The molecule has 0 aliphatic carbocycles. The Bertz CT molecular complexity index is 639. The second-order valence-corrected chi connectivity index (χ2v) is 7.30. The van der Waals surface area contributed by atoms with Crippen LogP contribution in [0.3, 0.4) is 0 Å². The number of aliphatic carboxylic acids is 1. The van der Waals surface area contributed by atoms with Gasteiger partial charge in [-0.2, -0.15) is 11.8 Å². The Morgan fingerprint density at radius 2 is 2.05 bits per heavy atom. The number of rotatable bonds is 4. The van der Waals surface area contributed by atoms with Crippen LogP contribution in [0.25, 0.3) is 0 Å². The van der Waals surface area contributed by atoms with E-state index in [0.29, 0.717) is 6.42 Å². The SMILES string of the molecule is CSC1C=C2C(C(=O)O)CCN2C1C(=S)c1ccc(C)cc1. The van der Waals surface area contributed by atoms with Gasteiger partial charge < -0.3 is 10.0 Å². The van der Waals surface area contributed by atoms with Gasteiger partial charge in [-0.05, 0) is 31.2 Å². The molecule has 0 amide bonds. The highest BCUT2D eigenvalue weighted by Crippen LogP contribution is 2.41. The van der Waals surface area contributed by atoms with Crippen molar-refractivity contribution in [2.75, 3.05) is 12.8 Å². The summed E-state index contributed by atoms with van der Waals surface area (Å²) in [5.41, 5.74) is 3.23. The molecule has 2 aliphatic heterocycles. The number of fused-ring (bicyclic) bond motifs is 1. The lowest BCUT2D eigenvalue weighted by atomic mass is 10.0. The van der Waals surface area contributed by atoms with Crippen LogP contribution in [0.4, 0.5) is 0 Å². The third kappa shape index (κ3) is 2.57. The van der Waals surface area contributed by atoms with Crippen molar-refractivity contribution in [2.24, 2.45) is 5.92 Å². The van der Waals surface area contributed by atoms with E-state index in [1.807, 2.05) is 0 Å². The highest BCUT2D eigenvalue weighted by Gasteiger charge is 2.45. The number of benzene rings is 1. The Labute approximate surface area is 140 Å². The Morgan fingerprint density at radius 3 is 2.64 bits per heavy atom. The van der Waals surface area contributed by atoms with E-state index < -0.39 is 5.97 Å². The maximum atomic E-state index is 11.4. The topological polar surface area (TPSA) is 40.5 Å². The van der Waals surface area contributed by atoms with Crippen LogP contribution in [0, 0.1) is 12.8 Å². The van der Waals surface area contributed by atoms with E-state index >= 15 is 0 Å². The smallest absolute Gasteiger partial charge is 0.312 e. The largest absolute Gasteiger partial charge is 0.481 e. The fourth-order valence-corrected chi connectivity index (χ4v) is 4.63. The van der Waals surface area contributed by atoms with Crippen molar-refractivity contribution in [3.8, 4) is 0 Å². The van der Waals surface area contributed by atoms with Gasteiger partial charge in [0.25, 0.3) is 0 Å². The van der Waals surface area contributed by atoms with Gasteiger partial charge in [-0.1, -0.05) is 42.0 Å². The molecule has 116 valence electrons. The molecule has 1 fully saturated rings. The average Bonchev–Trinajstić information content (AvgIpc) is 3.05. The summed E-state index contributed by atoms with van der Waals surface area (Å²) in [4.78, 5) is 14.5. The lowest BCUT2D eigenvalue weighted by Crippen LogP contribution is -2.40. The minimum atomic E-state index is -0.726. The molecule has 1 aromatic rings. The van der Waals surface area contributed by atoms with Gasteiger partial charge in [-0.3, -0.25) is 4.79 Å². The zero-order chi connectivity index (χ0) is 15.9. The molecular weight excluding hydrogens is 314 g/mol. The van der Waals surface area contributed by atoms with E-state index in [-0.39, 0.29) is 17.2 Å². The number of thiocarbonyl (C=S) groups is 1. The van der Waals surface area contributed by atoms with E-state index in [1.165, 1.54) is 5.56 Å². The predicted molar refractivity (Wildman–Crippen MR) is 94.5 cm³/mol. The molecule has 1 aromatic carbocycles. The number of nitrogens with zero attached hydrogens (tertiary/aromatic N) is 1. The Kier molecular flexibility index (Phi) is 4.28. The molecule has 22 heavy (non-hydrogen) atoms. The summed E-state index contributed by atoms with van der Waals surface area (Å²) < 4.78 is 0. The van der Waals surface area contributed by atoms with Gasteiger partial charge in [0, 0.05) is 22.4 Å². The van der Waals surface area contributed by atoms with Crippen molar-refractivity contribution in [1.82, 2.24) is 4.90 Å². The van der Waals surface area contributed by atoms with Gasteiger partial charge >= 0.3 is 5.97 Å². The number of carboxylic acids is 1. The number of hydrogen-bond donors (Lipinski definition) is 1. The quantitative estimate of drug-likeness (QED) is 0.677. The summed E-state index contributed by atoms with van der Waals surface area (Å²) in [6.07, 6.45) is 4.85. The van der Waals surface area contributed by atoms with Crippen LogP contribution < -0.4 is 0 Å². The molecule has 3 atom stereocenters. The third-order valence-corrected chi connectivity index (χ3v) is 5.92. The molecule has 5 heteroatoms. The second kappa shape index (κ2) is 6.05. The first-order valence-corrected chi connectivity index (χ1v) is 9.07. The molecule has 2 heterocycles. The molecule has 0 saturated carbocycles. The number of carbonyl (C=O) groups is 1. The molecule has 1 N–H and O–H groups in total. The Balaban J connectivity index is 1.89. The van der Waals surface area contributed by atoms with Gasteiger partial charge in [-0.15, -0.1) is 0 Å². The zero-order valence-corrected chi connectivity index (χ0v) is 14.3. The first-order chi connectivity index (χ1) is 10.5. The normalized spacial score (nSPS) is 26.7. The van der Waals surface area contributed by atoms with E-state index in [0.717, 1.165) is 22.7 Å². The highest BCUT2D eigenvalue weighted by atomic mass is 32.2. The molecule has 2 aliphatic rings. The van der Waals surface area contributed by atoms with Crippen LogP contribution >= 0.6 is 24.0 Å². The molecular formula is C17H19NO2S2. The van der Waals surface area contributed by atoms with Gasteiger partial charge in [0.05, 0.1) is 12.0 Å². The van der Waals surface area contributed by atoms with E-state index in [4.69, 9.17) is 12.2 Å². The van der Waals surface area contributed by atoms with Crippen molar-refractivity contribution in [2.45, 2.75) is 24.6 Å². The summed E-state index contributed by atoms with van der Waals surface area (Å²) in [6.45, 7) is 2.83. The molecule has 3 rings (SSSR count). The fourth-order valence-electron chi connectivity index (χ4n) is 3.32. The maximum absolute atomic E-state index is 11.4. The Morgan fingerprint density at radius 1 is 1.36 bits per heavy atom. The molecule has 3 nitrogen and oxygen atoms in total. The summed E-state index contributed by atoms with van der Waals surface area (Å²) in [5, 5.41) is 9.61. The van der Waals surface area contributed by atoms with Gasteiger partial charge in [0.1, 0.15) is 0 Å². The van der Waals surface area contributed by atoms with Gasteiger partial charge in [0.2, 0.25) is 0 Å². The molecule has 1 saturated heterocycles. The fraction of sp³-hybridized carbons (Fsp3) is 0.412. The molecule has 0 spiro atoms. The number of carboxylic acid groups (broad SMARTS) is 1. The molecule has 0 bridgehead atoms. The molecule has 3 unspecified atom stereocenters. The van der Waals surface area contributed by atoms with Crippen molar-refractivity contribution in [3.63, 3.8) is 0 Å². The van der Waals surface area contributed by atoms with Crippen molar-refractivity contribution >= 4 is 34.8 Å². The summed E-state index contributed by atoms with van der Waals surface area (Å²) in [5.74, 6) is -1.10. The highest BCUT2D eigenvalue weighted by molar-refractivity contribution is 7.99. The number of hydrogen-bond acceptors (Lipinski definition) is 4. The van der Waals surface area contributed by atoms with Crippen molar-refractivity contribution < 1.29 is 9.90 Å². The lowest BCUT2D eigenvalue weighted by molar-refractivity contribution is -0.140. The second-order valence-electron chi connectivity index (χ2n) is 5.84. The van der Waals surface area contributed by atoms with Crippen LogP contribution in [-0.4, -0.2) is 44.9 Å². The monoisotopic (exact) mass is 333 g/mol. The number of thioether (sulfide) groups is 1. The van der Waals surface area contributed by atoms with Crippen molar-refractivity contribution in [3.05, 3.63) is 47.2 Å². The number of aryl methyl sites for hydroxylation is 1. The minimum Gasteiger partial charge on any atom is -0.481 e. The zero-order valence-electron chi connectivity index (χ0n) is 12.7. The van der Waals surface area contributed by atoms with E-state index in [9.17, 15) is 9.90 Å². The van der Waals surface area contributed by atoms with E-state index in [2.05, 4.69) is 48.4 Å². The molecule has 0 aromatic heterocycles. The van der Waals surface area contributed by atoms with Crippen LogP contribution in [-0.2, 0) is 4.79 Å². The van der Waals surface area contributed by atoms with Crippen LogP contribution in [0.2, 0.25) is 0 Å². The average molecular weight is 333 g/mol. The Hall–Kier alpha value is -1.33. The lowest BCUT2D eigenvalue weighted by Gasteiger charge is -2.29. The summed E-state index contributed by atoms with van der Waals surface area (Å²) in [7, 11) is 0. The van der Waals surface area contributed by atoms with Gasteiger partial charge in [0.15, 0.2) is 0 Å². The van der Waals surface area contributed by atoms with Crippen LogP contribution in [0.5, 0.6) is 0 Å².